The van der Waals surface area contributed by atoms with Crippen LogP contribution in [0.5, 0.6) is 5.75 Å². The average molecular weight is 294 g/mol. The molecular weight excluding hydrogens is 274 g/mol. The van der Waals surface area contributed by atoms with Gasteiger partial charge in [0.05, 0.1) is 0 Å². The van der Waals surface area contributed by atoms with Gasteiger partial charge in [-0.05, 0) is 37.5 Å². The van der Waals surface area contributed by atoms with Gasteiger partial charge in [0.25, 0.3) is 5.92 Å². The lowest BCUT2D eigenvalue weighted by Crippen LogP contribution is -2.27. The molecule has 0 aromatic heterocycles. The molecule has 4 heteroatoms. The molecule has 0 aliphatic rings. The Kier molecular flexibility index (Phi) is 5.48. The lowest BCUT2D eigenvalue weighted by atomic mass is 10.0. The van der Waals surface area contributed by atoms with Crippen molar-refractivity contribution in [2.24, 2.45) is 5.92 Å². The van der Waals surface area contributed by atoms with Crippen LogP contribution in [0.3, 0.4) is 0 Å². The van der Waals surface area contributed by atoms with Gasteiger partial charge < -0.3 is 4.74 Å². The summed E-state index contributed by atoms with van der Waals surface area (Å²) in [7, 11) is 0. The number of ether oxygens (including phenoxy) is 1. The molecule has 1 unspecified atom stereocenters. The summed E-state index contributed by atoms with van der Waals surface area (Å²) in [6.45, 7) is 6.14. The van der Waals surface area contributed by atoms with Crippen LogP contribution in [0, 0.1) is 18.3 Å². The smallest absolute Gasteiger partial charge is 0.271 e. The first kappa shape index (κ1) is 17.2. The predicted octanol–water partition coefficient (Wildman–Crippen LogP) is 4.16. The molecule has 0 heterocycles. The number of Topliss-reactive ketones (excluding diaryl/α,β-unsaturated/α-hetero) is 1. The molecule has 0 bridgehead atoms. The van der Waals surface area contributed by atoms with E-state index in [0.29, 0.717) is 6.42 Å². The molecule has 0 aliphatic heterocycles. The van der Waals surface area contributed by atoms with Gasteiger partial charge in [0.1, 0.15) is 5.75 Å². The first-order valence-electron chi connectivity index (χ1n) is 6.81. The van der Waals surface area contributed by atoms with Gasteiger partial charge in [-0.3, -0.25) is 4.79 Å². The Balaban J connectivity index is 3.09. The maximum absolute atomic E-state index is 13.6. The highest BCUT2D eigenvalue weighted by Crippen LogP contribution is 2.33. The fourth-order valence-corrected chi connectivity index (χ4v) is 1.98. The third-order valence-corrected chi connectivity index (χ3v) is 3.04. The number of carbonyl (C=O) groups excluding carboxylic acids is 1. The summed E-state index contributed by atoms with van der Waals surface area (Å²) in [5.41, 5.74) is -0.146. The van der Waals surface area contributed by atoms with Crippen molar-refractivity contribution < 1.29 is 18.3 Å². The number of alkyl halides is 2. The van der Waals surface area contributed by atoms with Crippen molar-refractivity contribution in [3.63, 3.8) is 0 Å². The summed E-state index contributed by atoms with van der Waals surface area (Å²) in [6, 6.07) is 4.14. The van der Waals surface area contributed by atoms with E-state index in [1.165, 1.54) is 25.1 Å². The highest BCUT2D eigenvalue weighted by molar-refractivity contribution is 5.80. The van der Waals surface area contributed by atoms with Gasteiger partial charge in [-0.15, -0.1) is 6.42 Å². The minimum absolute atomic E-state index is 0.123. The standard InChI is InChI=1S/C17H20F2O2/c1-6-13-7-8-14(10-15(13)17(5,18)19)21-16(12(4)20)9-11(2)3/h1,7-8,10-11,16H,9H2,2-5H3. The van der Waals surface area contributed by atoms with E-state index in [2.05, 4.69) is 5.92 Å². The van der Waals surface area contributed by atoms with Crippen molar-refractivity contribution in [3.05, 3.63) is 29.3 Å². The molecule has 0 saturated heterocycles. The summed E-state index contributed by atoms with van der Waals surface area (Å²) in [4.78, 5) is 11.6. The molecule has 0 amide bonds. The second kappa shape index (κ2) is 6.71. The lowest BCUT2D eigenvalue weighted by Gasteiger charge is -2.20. The summed E-state index contributed by atoms with van der Waals surface area (Å²) >= 11 is 0. The van der Waals surface area contributed by atoms with Crippen molar-refractivity contribution >= 4 is 5.78 Å². The summed E-state index contributed by atoms with van der Waals surface area (Å²) in [5.74, 6) is -0.471. The molecule has 114 valence electrons. The zero-order chi connectivity index (χ0) is 16.2. The summed E-state index contributed by atoms with van der Waals surface area (Å²) in [6.07, 6.45) is 5.13. The number of benzene rings is 1. The normalized spacial score (nSPS) is 12.9. The molecule has 0 N–H and O–H groups in total. The van der Waals surface area contributed by atoms with Gasteiger partial charge in [-0.2, -0.15) is 0 Å². The Bertz CT molecular complexity index is 551. The second-order valence-corrected chi connectivity index (χ2v) is 5.59. The number of rotatable bonds is 6. The van der Waals surface area contributed by atoms with Crippen LogP contribution in [0.4, 0.5) is 8.78 Å². The van der Waals surface area contributed by atoms with Gasteiger partial charge >= 0.3 is 0 Å². The largest absolute Gasteiger partial charge is 0.483 e. The molecule has 1 atom stereocenters. The van der Waals surface area contributed by atoms with Crippen LogP contribution in [-0.4, -0.2) is 11.9 Å². The molecule has 21 heavy (non-hydrogen) atoms. The monoisotopic (exact) mass is 294 g/mol. The molecule has 0 radical (unpaired) electrons. The van der Waals surface area contributed by atoms with Crippen LogP contribution in [0.15, 0.2) is 18.2 Å². The van der Waals surface area contributed by atoms with Gasteiger partial charge in [-0.25, -0.2) is 8.78 Å². The molecule has 1 aromatic rings. The van der Waals surface area contributed by atoms with E-state index in [1.807, 2.05) is 13.8 Å². The van der Waals surface area contributed by atoms with Gasteiger partial charge in [0.2, 0.25) is 0 Å². The van der Waals surface area contributed by atoms with Crippen molar-refractivity contribution in [2.75, 3.05) is 0 Å². The molecule has 1 rings (SSSR count). The van der Waals surface area contributed by atoms with Crippen LogP contribution >= 0.6 is 0 Å². The minimum Gasteiger partial charge on any atom is -0.483 e. The molecule has 0 spiro atoms. The molecular formula is C17H20F2O2. The van der Waals surface area contributed by atoms with Crippen LogP contribution in [-0.2, 0) is 10.7 Å². The van der Waals surface area contributed by atoms with E-state index in [9.17, 15) is 13.6 Å². The number of halogens is 2. The van der Waals surface area contributed by atoms with E-state index in [4.69, 9.17) is 11.2 Å². The van der Waals surface area contributed by atoms with Crippen LogP contribution < -0.4 is 4.74 Å². The highest BCUT2D eigenvalue weighted by atomic mass is 19.3. The lowest BCUT2D eigenvalue weighted by molar-refractivity contribution is -0.124. The SMILES string of the molecule is C#Cc1ccc(OC(CC(C)C)C(C)=O)cc1C(C)(F)F. The molecule has 0 fully saturated rings. The van der Waals surface area contributed by atoms with Gasteiger partial charge in [0, 0.05) is 18.1 Å². The minimum atomic E-state index is -3.06. The van der Waals surface area contributed by atoms with Crippen molar-refractivity contribution in [1.82, 2.24) is 0 Å². The van der Waals surface area contributed by atoms with Crippen molar-refractivity contribution in [2.45, 2.75) is 46.1 Å². The quantitative estimate of drug-likeness (QED) is 0.736. The summed E-state index contributed by atoms with van der Waals surface area (Å²) in [5, 5.41) is 0. The Morgan fingerprint density at radius 1 is 1.43 bits per heavy atom. The van der Waals surface area contributed by atoms with E-state index >= 15 is 0 Å². The number of carbonyl (C=O) groups is 1. The van der Waals surface area contributed by atoms with E-state index < -0.39 is 12.0 Å². The zero-order valence-corrected chi connectivity index (χ0v) is 12.7. The first-order valence-corrected chi connectivity index (χ1v) is 6.81. The Hall–Kier alpha value is -1.89. The Labute approximate surface area is 124 Å². The summed E-state index contributed by atoms with van der Waals surface area (Å²) < 4.78 is 32.7. The zero-order valence-electron chi connectivity index (χ0n) is 12.7. The van der Waals surface area contributed by atoms with Crippen LogP contribution in [0.25, 0.3) is 0 Å². The maximum Gasteiger partial charge on any atom is 0.271 e. The van der Waals surface area contributed by atoms with Crippen molar-refractivity contribution in [3.8, 4) is 18.1 Å². The topological polar surface area (TPSA) is 26.3 Å². The van der Waals surface area contributed by atoms with E-state index in [0.717, 1.165) is 6.92 Å². The molecule has 1 aromatic carbocycles. The third kappa shape index (κ3) is 4.86. The molecule has 0 saturated carbocycles. The predicted molar refractivity (Wildman–Crippen MR) is 78.5 cm³/mol. The van der Waals surface area contributed by atoms with Gasteiger partial charge in [-0.1, -0.05) is 19.8 Å². The molecule has 2 nitrogen and oxygen atoms in total. The molecule has 0 aliphatic carbocycles. The average Bonchev–Trinajstić information content (AvgIpc) is 2.36. The fourth-order valence-electron chi connectivity index (χ4n) is 1.98. The first-order chi connectivity index (χ1) is 9.65. The Morgan fingerprint density at radius 3 is 2.48 bits per heavy atom. The number of hydrogen-bond donors (Lipinski definition) is 0. The Morgan fingerprint density at radius 2 is 2.05 bits per heavy atom. The second-order valence-electron chi connectivity index (χ2n) is 5.59. The maximum atomic E-state index is 13.6. The number of terminal acetylenes is 1. The van der Waals surface area contributed by atoms with Crippen LogP contribution in [0.2, 0.25) is 0 Å². The number of ketones is 1. The number of hydrogen-bond acceptors (Lipinski definition) is 2. The van der Waals surface area contributed by atoms with Gasteiger partial charge in [0.15, 0.2) is 11.9 Å². The van der Waals surface area contributed by atoms with E-state index in [-0.39, 0.29) is 28.6 Å². The third-order valence-electron chi connectivity index (χ3n) is 3.04. The van der Waals surface area contributed by atoms with Crippen molar-refractivity contribution in [1.29, 1.82) is 0 Å². The van der Waals surface area contributed by atoms with Crippen LogP contribution in [0.1, 0.15) is 45.2 Å². The highest BCUT2D eigenvalue weighted by Gasteiger charge is 2.28. The fraction of sp³-hybridized carbons (Fsp3) is 0.471. The van der Waals surface area contributed by atoms with E-state index in [1.54, 1.807) is 0 Å².